The van der Waals surface area contributed by atoms with Gasteiger partial charge in [0.05, 0.1) is 5.69 Å². The molecule has 2 aromatic heterocycles. The lowest BCUT2D eigenvalue weighted by molar-refractivity contribution is 0.622. The van der Waals surface area contributed by atoms with Gasteiger partial charge in [-0.3, -0.25) is 4.98 Å². The molecule has 16 heavy (non-hydrogen) atoms. The quantitative estimate of drug-likeness (QED) is 0.780. The average molecular weight is 234 g/mol. The van der Waals surface area contributed by atoms with E-state index >= 15 is 0 Å². The zero-order valence-electron chi connectivity index (χ0n) is 7.98. The van der Waals surface area contributed by atoms with Crippen LogP contribution in [0.3, 0.4) is 0 Å². The molecule has 6 nitrogen and oxygen atoms in total. The van der Waals surface area contributed by atoms with E-state index in [0.717, 1.165) is 5.56 Å². The SMILES string of the molecule is O=S(=O)=Nc1cc(-c2cccnc2)ncn1. The molecule has 2 heterocycles. The predicted octanol–water partition coefficient (Wildman–Crippen LogP) is 1.23. The van der Waals surface area contributed by atoms with Crippen molar-refractivity contribution in [1.29, 1.82) is 0 Å². The second-order valence-electron chi connectivity index (χ2n) is 2.81. The van der Waals surface area contributed by atoms with Crippen LogP contribution in [-0.4, -0.2) is 23.4 Å². The van der Waals surface area contributed by atoms with E-state index < -0.39 is 10.5 Å². The number of rotatable bonds is 2. The van der Waals surface area contributed by atoms with Crippen molar-refractivity contribution in [2.45, 2.75) is 0 Å². The number of aromatic nitrogens is 3. The van der Waals surface area contributed by atoms with Gasteiger partial charge in [-0.15, -0.1) is 4.36 Å². The average Bonchev–Trinajstić information content (AvgIpc) is 2.30. The molecule has 0 bridgehead atoms. The van der Waals surface area contributed by atoms with Crippen molar-refractivity contribution in [2.24, 2.45) is 4.36 Å². The molecule has 0 aliphatic heterocycles. The summed E-state index contributed by atoms with van der Waals surface area (Å²) in [5, 5.41) is 0. The Kier molecular flexibility index (Phi) is 2.97. The summed E-state index contributed by atoms with van der Waals surface area (Å²) < 4.78 is 24.0. The van der Waals surface area contributed by atoms with Crippen molar-refractivity contribution in [3.63, 3.8) is 0 Å². The molecule has 0 atom stereocenters. The monoisotopic (exact) mass is 234 g/mol. The maximum absolute atomic E-state index is 10.4. The molecule has 0 aromatic carbocycles. The van der Waals surface area contributed by atoms with Gasteiger partial charge in [0.2, 0.25) is 0 Å². The standard InChI is InChI=1S/C9H6N4O2S/c14-16(15)13-9-4-8(11-6-12-9)7-2-1-3-10-5-7/h1-6H. The third-order valence-electron chi connectivity index (χ3n) is 1.78. The highest BCUT2D eigenvalue weighted by Crippen LogP contribution is 2.18. The minimum absolute atomic E-state index is 0.0992. The summed E-state index contributed by atoms with van der Waals surface area (Å²) in [5.41, 5.74) is 1.35. The first kappa shape index (κ1) is 10.4. The van der Waals surface area contributed by atoms with E-state index in [1.165, 1.54) is 12.4 Å². The Balaban J connectivity index is 2.48. The highest BCUT2D eigenvalue weighted by Gasteiger charge is 2.00. The molecule has 0 saturated carbocycles. The van der Waals surface area contributed by atoms with E-state index in [1.807, 2.05) is 6.07 Å². The summed E-state index contributed by atoms with van der Waals surface area (Å²) in [6.07, 6.45) is 4.52. The van der Waals surface area contributed by atoms with Crippen molar-refractivity contribution >= 4 is 16.3 Å². The maximum Gasteiger partial charge on any atom is 0.317 e. The molecule has 0 amide bonds. The zero-order chi connectivity index (χ0) is 11.4. The van der Waals surface area contributed by atoms with E-state index in [1.54, 1.807) is 18.5 Å². The Morgan fingerprint density at radius 2 is 2.12 bits per heavy atom. The Bertz CT molecular complexity index is 617. The normalized spacial score (nSPS) is 9.75. The van der Waals surface area contributed by atoms with Gasteiger partial charge in [-0.2, -0.15) is 8.42 Å². The first-order chi connectivity index (χ1) is 7.75. The van der Waals surface area contributed by atoms with Crippen LogP contribution in [0.4, 0.5) is 5.82 Å². The Labute approximate surface area is 92.7 Å². The van der Waals surface area contributed by atoms with Crippen LogP contribution in [0.25, 0.3) is 11.3 Å². The van der Waals surface area contributed by atoms with Gasteiger partial charge in [-0.1, -0.05) is 0 Å². The van der Waals surface area contributed by atoms with Gasteiger partial charge in [0, 0.05) is 24.0 Å². The van der Waals surface area contributed by atoms with E-state index in [4.69, 9.17) is 0 Å². The lowest BCUT2D eigenvalue weighted by Gasteiger charge is -1.98. The summed E-state index contributed by atoms with van der Waals surface area (Å²) in [7, 11) is -2.51. The van der Waals surface area contributed by atoms with Gasteiger partial charge >= 0.3 is 10.5 Å². The second kappa shape index (κ2) is 4.58. The van der Waals surface area contributed by atoms with Gasteiger partial charge in [0.25, 0.3) is 0 Å². The van der Waals surface area contributed by atoms with Gasteiger partial charge in [0.1, 0.15) is 6.33 Å². The minimum atomic E-state index is -2.51. The molecule has 0 N–H and O–H groups in total. The molecule has 0 aliphatic rings. The first-order valence-electron chi connectivity index (χ1n) is 4.29. The van der Waals surface area contributed by atoms with E-state index in [0.29, 0.717) is 5.69 Å². The molecular weight excluding hydrogens is 228 g/mol. The fourth-order valence-electron chi connectivity index (χ4n) is 1.15. The molecule has 0 radical (unpaired) electrons. The highest BCUT2D eigenvalue weighted by molar-refractivity contribution is 7.61. The summed E-state index contributed by atoms with van der Waals surface area (Å²) in [4.78, 5) is 11.7. The molecule has 0 saturated heterocycles. The van der Waals surface area contributed by atoms with Gasteiger partial charge < -0.3 is 0 Å². The summed E-state index contributed by atoms with van der Waals surface area (Å²) in [6, 6.07) is 5.06. The molecule has 80 valence electrons. The molecule has 0 aliphatic carbocycles. The second-order valence-corrected chi connectivity index (χ2v) is 3.43. The van der Waals surface area contributed by atoms with E-state index in [-0.39, 0.29) is 5.82 Å². The van der Waals surface area contributed by atoms with Crippen LogP contribution in [0.2, 0.25) is 0 Å². The lowest BCUT2D eigenvalue weighted by atomic mass is 10.2. The molecule has 2 aromatic rings. The van der Waals surface area contributed by atoms with Gasteiger partial charge in [-0.25, -0.2) is 9.97 Å². The lowest BCUT2D eigenvalue weighted by Crippen LogP contribution is -1.85. The van der Waals surface area contributed by atoms with Crippen molar-refractivity contribution in [3.05, 3.63) is 36.9 Å². The van der Waals surface area contributed by atoms with Crippen molar-refractivity contribution in [1.82, 2.24) is 15.0 Å². The largest absolute Gasteiger partial charge is 0.317 e. The van der Waals surface area contributed by atoms with Crippen molar-refractivity contribution in [3.8, 4) is 11.3 Å². The number of pyridine rings is 1. The van der Waals surface area contributed by atoms with Gasteiger partial charge in [-0.05, 0) is 12.1 Å². The summed E-state index contributed by atoms with van der Waals surface area (Å²) in [6.45, 7) is 0. The molecule has 2 rings (SSSR count). The smallest absolute Gasteiger partial charge is 0.264 e. The van der Waals surface area contributed by atoms with Crippen LogP contribution in [-0.2, 0) is 10.5 Å². The third-order valence-corrected chi connectivity index (χ3v) is 2.11. The third kappa shape index (κ3) is 2.45. The molecule has 0 fully saturated rings. The maximum atomic E-state index is 10.4. The Morgan fingerprint density at radius 1 is 1.25 bits per heavy atom. The van der Waals surface area contributed by atoms with Crippen molar-refractivity contribution < 1.29 is 8.42 Å². The van der Waals surface area contributed by atoms with Crippen LogP contribution < -0.4 is 0 Å². The fourth-order valence-corrected chi connectivity index (χ4v) is 1.40. The number of hydrogen-bond acceptors (Lipinski definition) is 6. The predicted molar refractivity (Wildman–Crippen MR) is 56.3 cm³/mol. The molecule has 7 heteroatoms. The van der Waals surface area contributed by atoms with Crippen LogP contribution in [0, 0.1) is 0 Å². The van der Waals surface area contributed by atoms with E-state index in [9.17, 15) is 8.42 Å². The van der Waals surface area contributed by atoms with Crippen LogP contribution in [0.5, 0.6) is 0 Å². The highest BCUT2D eigenvalue weighted by atomic mass is 32.2. The van der Waals surface area contributed by atoms with Crippen molar-refractivity contribution in [2.75, 3.05) is 0 Å². The molecule has 0 spiro atoms. The molecular formula is C9H6N4O2S. The van der Waals surface area contributed by atoms with Crippen LogP contribution in [0.15, 0.2) is 41.3 Å². The first-order valence-corrected chi connectivity index (χ1v) is 5.32. The van der Waals surface area contributed by atoms with Gasteiger partial charge in [0.15, 0.2) is 5.82 Å². The fraction of sp³-hybridized carbons (Fsp3) is 0. The minimum Gasteiger partial charge on any atom is -0.264 e. The Morgan fingerprint density at radius 3 is 2.81 bits per heavy atom. The summed E-state index contributed by atoms with van der Waals surface area (Å²) in [5.74, 6) is 0.0992. The Hall–Kier alpha value is -2.15. The zero-order valence-corrected chi connectivity index (χ0v) is 8.79. The topological polar surface area (TPSA) is 85.2 Å². The van der Waals surface area contributed by atoms with Crippen LogP contribution in [0.1, 0.15) is 0 Å². The van der Waals surface area contributed by atoms with E-state index in [2.05, 4.69) is 19.3 Å². The number of nitrogens with zero attached hydrogens (tertiary/aromatic N) is 4. The number of hydrogen-bond donors (Lipinski definition) is 0. The molecule has 0 unspecified atom stereocenters. The summed E-state index contributed by atoms with van der Waals surface area (Å²) >= 11 is 0. The van der Waals surface area contributed by atoms with Crippen LogP contribution >= 0.6 is 0 Å².